The maximum Gasteiger partial charge on any atom is 0.155 e. The first kappa shape index (κ1) is 7.94. The van der Waals surface area contributed by atoms with Crippen molar-refractivity contribution in [2.75, 3.05) is 13.2 Å². The molecule has 0 aromatic rings. The molecule has 4 nitrogen and oxygen atoms in total. The van der Waals surface area contributed by atoms with Gasteiger partial charge in [0.2, 0.25) is 0 Å². The van der Waals surface area contributed by atoms with Crippen molar-refractivity contribution in [3.8, 4) is 0 Å². The Labute approximate surface area is 59.1 Å². The zero-order chi connectivity index (χ0) is 7.56. The van der Waals surface area contributed by atoms with Crippen molar-refractivity contribution in [1.82, 2.24) is 0 Å². The fourth-order valence-electron chi connectivity index (χ4n) is 1.16. The lowest BCUT2D eigenvalue weighted by Crippen LogP contribution is -2.23. The fourth-order valence-corrected chi connectivity index (χ4v) is 1.16. The smallest absolute Gasteiger partial charge is 0.155 e. The summed E-state index contributed by atoms with van der Waals surface area (Å²) in [6.45, 7) is -0.176. The molecule has 1 saturated heterocycles. The Balaban J connectivity index is 2.41. The second kappa shape index (κ2) is 3.30. The SMILES string of the molecule is OCC1CC(O)OC1CO. The summed E-state index contributed by atoms with van der Waals surface area (Å²) in [4.78, 5) is 0. The Hall–Kier alpha value is -0.160. The van der Waals surface area contributed by atoms with Crippen LogP contribution in [0.5, 0.6) is 0 Å². The Morgan fingerprint density at radius 3 is 2.40 bits per heavy atom. The van der Waals surface area contributed by atoms with Gasteiger partial charge < -0.3 is 20.1 Å². The molecule has 0 amide bonds. The van der Waals surface area contributed by atoms with Crippen molar-refractivity contribution in [3.63, 3.8) is 0 Å². The van der Waals surface area contributed by atoms with Gasteiger partial charge in [-0.05, 0) is 0 Å². The van der Waals surface area contributed by atoms with Crippen molar-refractivity contribution in [3.05, 3.63) is 0 Å². The van der Waals surface area contributed by atoms with Crippen molar-refractivity contribution in [2.24, 2.45) is 5.92 Å². The summed E-state index contributed by atoms with van der Waals surface area (Å²) in [6, 6.07) is 0. The first-order valence-electron chi connectivity index (χ1n) is 3.33. The second-order valence-electron chi connectivity index (χ2n) is 2.49. The lowest BCUT2D eigenvalue weighted by molar-refractivity contribution is -0.104. The highest BCUT2D eigenvalue weighted by molar-refractivity contribution is 4.76. The summed E-state index contributed by atoms with van der Waals surface area (Å²) >= 11 is 0. The summed E-state index contributed by atoms with van der Waals surface area (Å²) in [5, 5.41) is 26.2. The predicted octanol–water partition coefficient (Wildman–Crippen LogP) is -1.31. The van der Waals surface area contributed by atoms with E-state index in [1.165, 1.54) is 0 Å². The van der Waals surface area contributed by atoms with Crippen LogP contribution in [0.3, 0.4) is 0 Å². The van der Waals surface area contributed by atoms with Gasteiger partial charge in [-0.15, -0.1) is 0 Å². The molecule has 3 unspecified atom stereocenters. The molecule has 3 N–H and O–H groups in total. The van der Waals surface area contributed by atoms with Crippen LogP contribution in [0.4, 0.5) is 0 Å². The Morgan fingerprint density at radius 2 is 2.00 bits per heavy atom. The van der Waals surface area contributed by atoms with E-state index in [-0.39, 0.29) is 25.2 Å². The quantitative estimate of drug-likeness (QED) is 0.455. The molecule has 0 spiro atoms. The molecule has 0 aromatic heterocycles. The minimum atomic E-state index is -0.811. The molecular weight excluding hydrogens is 136 g/mol. The molecular formula is C6H12O4. The van der Waals surface area contributed by atoms with Gasteiger partial charge >= 0.3 is 0 Å². The minimum Gasteiger partial charge on any atom is -0.396 e. The lowest BCUT2D eigenvalue weighted by Gasteiger charge is -2.11. The Kier molecular flexibility index (Phi) is 2.62. The normalized spacial score (nSPS) is 40.5. The Morgan fingerprint density at radius 1 is 1.30 bits per heavy atom. The molecule has 0 aromatic carbocycles. The minimum absolute atomic E-state index is 0.0394. The van der Waals surface area contributed by atoms with Gasteiger partial charge in [-0.25, -0.2) is 0 Å². The van der Waals surface area contributed by atoms with Gasteiger partial charge in [-0.2, -0.15) is 0 Å². The van der Waals surface area contributed by atoms with Crippen LogP contribution >= 0.6 is 0 Å². The molecule has 1 heterocycles. The highest BCUT2D eigenvalue weighted by Crippen LogP contribution is 2.23. The highest BCUT2D eigenvalue weighted by atomic mass is 16.6. The largest absolute Gasteiger partial charge is 0.396 e. The molecule has 1 rings (SSSR count). The number of aliphatic hydroxyl groups excluding tert-OH is 3. The number of hydrogen-bond donors (Lipinski definition) is 3. The van der Waals surface area contributed by atoms with Crippen LogP contribution < -0.4 is 0 Å². The fraction of sp³-hybridized carbons (Fsp3) is 1.00. The van der Waals surface area contributed by atoms with E-state index in [1.807, 2.05) is 0 Å². The molecule has 1 aliphatic heterocycles. The molecule has 60 valence electrons. The van der Waals surface area contributed by atoms with E-state index in [0.717, 1.165) is 0 Å². The van der Waals surface area contributed by atoms with E-state index >= 15 is 0 Å². The van der Waals surface area contributed by atoms with Gasteiger partial charge in [-0.3, -0.25) is 0 Å². The Bertz CT molecular complexity index is 93.9. The van der Waals surface area contributed by atoms with Gasteiger partial charge in [0.05, 0.1) is 12.7 Å². The van der Waals surface area contributed by atoms with Crippen LogP contribution in [0, 0.1) is 5.92 Å². The summed E-state index contributed by atoms with van der Waals surface area (Å²) < 4.78 is 4.86. The molecule has 4 heteroatoms. The third kappa shape index (κ3) is 1.46. The summed E-state index contributed by atoms with van der Waals surface area (Å²) in [5.41, 5.74) is 0. The number of hydrogen-bond acceptors (Lipinski definition) is 4. The molecule has 1 aliphatic rings. The standard InChI is InChI=1S/C6H12O4/c7-2-4-1-6(9)10-5(4)3-8/h4-9H,1-3H2. The van der Waals surface area contributed by atoms with Gasteiger partial charge in [0.25, 0.3) is 0 Å². The first-order chi connectivity index (χ1) is 4.77. The van der Waals surface area contributed by atoms with Gasteiger partial charge in [0.1, 0.15) is 0 Å². The van der Waals surface area contributed by atoms with Crippen LogP contribution in [0.2, 0.25) is 0 Å². The first-order valence-corrected chi connectivity index (χ1v) is 3.33. The van der Waals surface area contributed by atoms with E-state index in [0.29, 0.717) is 6.42 Å². The van der Waals surface area contributed by atoms with Crippen molar-refractivity contribution >= 4 is 0 Å². The highest BCUT2D eigenvalue weighted by Gasteiger charge is 2.32. The second-order valence-corrected chi connectivity index (χ2v) is 2.49. The number of rotatable bonds is 2. The molecule has 3 atom stereocenters. The van der Waals surface area contributed by atoms with Crippen molar-refractivity contribution < 1.29 is 20.1 Å². The van der Waals surface area contributed by atoms with Crippen LogP contribution in [0.1, 0.15) is 6.42 Å². The van der Waals surface area contributed by atoms with Crippen molar-refractivity contribution in [1.29, 1.82) is 0 Å². The van der Waals surface area contributed by atoms with Crippen LogP contribution in [-0.4, -0.2) is 40.9 Å². The van der Waals surface area contributed by atoms with Gasteiger partial charge in [0.15, 0.2) is 6.29 Å². The predicted molar refractivity (Wildman–Crippen MR) is 33.2 cm³/mol. The van der Waals surface area contributed by atoms with Gasteiger partial charge in [-0.1, -0.05) is 0 Å². The molecule has 0 radical (unpaired) electrons. The van der Waals surface area contributed by atoms with E-state index in [1.54, 1.807) is 0 Å². The van der Waals surface area contributed by atoms with Crippen LogP contribution in [0.25, 0.3) is 0 Å². The van der Waals surface area contributed by atoms with E-state index < -0.39 is 6.29 Å². The van der Waals surface area contributed by atoms with E-state index in [9.17, 15) is 0 Å². The summed E-state index contributed by atoms with van der Waals surface area (Å²) in [7, 11) is 0. The van der Waals surface area contributed by atoms with E-state index in [2.05, 4.69) is 0 Å². The average molecular weight is 148 g/mol. The summed E-state index contributed by atoms with van der Waals surface area (Å²) in [6.07, 6.45) is -0.781. The average Bonchev–Trinajstić information content (AvgIpc) is 2.30. The van der Waals surface area contributed by atoms with Crippen molar-refractivity contribution in [2.45, 2.75) is 18.8 Å². The van der Waals surface area contributed by atoms with E-state index in [4.69, 9.17) is 20.1 Å². The molecule has 0 saturated carbocycles. The van der Waals surface area contributed by atoms with Crippen LogP contribution in [-0.2, 0) is 4.74 Å². The lowest BCUT2D eigenvalue weighted by atomic mass is 10.0. The number of aliphatic hydroxyl groups is 3. The molecule has 0 aliphatic carbocycles. The third-order valence-electron chi connectivity index (χ3n) is 1.78. The monoisotopic (exact) mass is 148 g/mol. The topological polar surface area (TPSA) is 69.9 Å². The third-order valence-corrected chi connectivity index (χ3v) is 1.78. The van der Waals surface area contributed by atoms with Gasteiger partial charge in [0, 0.05) is 18.9 Å². The molecule has 0 bridgehead atoms. The molecule has 1 fully saturated rings. The molecule has 10 heavy (non-hydrogen) atoms. The zero-order valence-corrected chi connectivity index (χ0v) is 5.60. The maximum absolute atomic E-state index is 8.89. The summed E-state index contributed by atoms with van der Waals surface area (Å²) in [5.74, 6) is -0.111. The maximum atomic E-state index is 8.89. The number of ether oxygens (including phenoxy) is 1. The van der Waals surface area contributed by atoms with Crippen LogP contribution in [0.15, 0.2) is 0 Å². The zero-order valence-electron chi connectivity index (χ0n) is 5.60.